The number of rotatable bonds is 0. The van der Waals surface area contributed by atoms with Crippen LogP contribution in [-0.4, -0.2) is 23.9 Å². The molecule has 0 aromatic rings. The largest absolute Gasteiger partial charge is 0.343 e. The molecule has 11 heavy (non-hydrogen) atoms. The fourth-order valence-electron chi connectivity index (χ4n) is 1.03. The molecule has 1 aliphatic heterocycles. The van der Waals surface area contributed by atoms with Crippen molar-refractivity contribution in [1.29, 1.82) is 0 Å². The summed E-state index contributed by atoms with van der Waals surface area (Å²) >= 11 is 0. The van der Waals surface area contributed by atoms with Crippen LogP contribution in [0.4, 0.5) is 0 Å². The van der Waals surface area contributed by atoms with Gasteiger partial charge in [-0.05, 0) is 19.8 Å². The number of hydrogen-bond donors (Lipinski definition) is 0. The number of carbonyl (C=O) groups is 1. The summed E-state index contributed by atoms with van der Waals surface area (Å²) in [5.74, 6) is 0.225. The fraction of sp³-hybridized carbons (Fsp3) is 0.667. The second-order valence-electron chi connectivity index (χ2n) is 2.62. The molecule has 1 heterocycles. The summed E-state index contributed by atoms with van der Waals surface area (Å²) in [5.41, 5.74) is 0. The van der Waals surface area contributed by atoms with Gasteiger partial charge in [0.15, 0.2) is 0 Å². The Bertz CT molecular complexity index is 126. The maximum atomic E-state index is 10.6. The molecule has 0 bridgehead atoms. The van der Waals surface area contributed by atoms with E-state index in [0.29, 0.717) is 0 Å². The molecule has 0 aromatic heterocycles. The summed E-state index contributed by atoms with van der Waals surface area (Å²) in [6, 6.07) is 0. The average molecular weight is 155 g/mol. The van der Waals surface area contributed by atoms with Crippen LogP contribution in [0.1, 0.15) is 26.7 Å². The average Bonchev–Trinajstić information content (AvgIpc) is 2.38. The van der Waals surface area contributed by atoms with Gasteiger partial charge in [-0.2, -0.15) is 0 Å². The van der Waals surface area contributed by atoms with Gasteiger partial charge in [-0.3, -0.25) is 4.79 Å². The highest BCUT2D eigenvalue weighted by Crippen LogP contribution is 2.05. The first-order valence-corrected chi connectivity index (χ1v) is 4.05. The van der Waals surface area contributed by atoms with Crippen LogP contribution in [0.25, 0.3) is 0 Å². The summed E-state index contributed by atoms with van der Waals surface area (Å²) in [4.78, 5) is 12.5. The van der Waals surface area contributed by atoms with Crippen molar-refractivity contribution >= 4 is 5.91 Å². The van der Waals surface area contributed by atoms with Crippen molar-refractivity contribution in [3.63, 3.8) is 0 Å². The lowest BCUT2D eigenvalue weighted by Gasteiger charge is -2.10. The molecule has 1 rings (SSSR count). The molecule has 1 aliphatic rings. The molecule has 0 aliphatic carbocycles. The van der Waals surface area contributed by atoms with Crippen molar-refractivity contribution in [1.82, 2.24) is 4.90 Å². The standard InChI is InChI=1S/C6H11NO.C3H6/c1-6(8)7-4-2-3-5-7;1-3-2/h2-5H2,1H3;3H,1H2,2H3. The van der Waals surface area contributed by atoms with Gasteiger partial charge in [-0.15, -0.1) is 6.58 Å². The van der Waals surface area contributed by atoms with Crippen LogP contribution in [0.3, 0.4) is 0 Å². The van der Waals surface area contributed by atoms with E-state index in [0.717, 1.165) is 13.1 Å². The third-order valence-electron chi connectivity index (χ3n) is 1.55. The van der Waals surface area contributed by atoms with Crippen LogP contribution in [0.2, 0.25) is 0 Å². The SMILES string of the molecule is C=CC.CC(=O)N1CCCC1. The Kier molecular flexibility index (Phi) is 5.53. The van der Waals surface area contributed by atoms with Crippen LogP contribution in [-0.2, 0) is 4.79 Å². The van der Waals surface area contributed by atoms with Gasteiger partial charge in [0.1, 0.15) is 0 Å². The number of allylic oxidation sites excluding steroid dienone is 1. The predicted octanol–water partition coefficient (Wildman–Crippen LogP) is 1.82. The molecule has 0 N–H and O–H groups in total. The smallest absolute Gasteiger partial charge is 0.219 e. The van der Waals surface area contributed by atoms with E-state index >= 15 is 0 Å². The summed E-state index contributed by atoms with van der Waals surface area (Å²) < 4.78 is 0. The summed E-state index contributed by atoms with van der Waals surface area (Å²) in [5, 5.41) is 0. The minimum absolute atomic E-state index is 0.225. The molecule has 0 atom stereocenters. The minimum atomic E-state index is 0.225. The second-order valence-corrected chi connectivity index (χ2v) is 2.62. The first-order chi connectivity index (χ1) is 5.22. The number of likely N-dealkylation sites (tertiary alicyclic amines) is 1. The van der Waals surface area contributed by atoms with Crippen molar-refractivity contribution in [2.24, 2.45) is 0 Å². The van der Waals surface area contributed by atoms with Crippen LogP contribution in [0.5, 0.6) is 0 Å². The van der Waals surface area contributed by atoms with Crippen molar-refractivity contribution in [2.75, 3.05) is 13.1 Å². The zero-order chi connectivity index (χ0) is 8.69. The van der Waals surface area contributed by atoms with E-state index in [2.05, 4.69) is 6.58 Å². The first-order valence-electron chi connectivity index (χ1n) is 4.05. The van der Waals surface area contributed by atoms with Gasteiger partial charge >= 0.3 is 0 Å². The highest BCUT2D eigenvalue weighted by atomic mass is 16.2. The molecule has 0 aromatic carbocycles. The van der Waals surface area contributed by atoms with Gasteiger partial charge in [0.2, 0.25) is 5.91 Å². The Morgan fingerprint density at radius 1 is 1.45 bits per heavy atom. The van der Waals surface area contributed by atoms with Crippen molar-refractivity contribution in [2.45, 2.75) is 26.7 Å². The third-order valence-corrected chi connectivity index (χ3v) is 1.55. The third kappa shape index (κ3) is 4.59. The number of carbonyl (C=O) groups excluding carboxylic acids is 1. The molecule has 0 radical (unpaired) electrons. The highest BCUT2D eigenvalue weighted by molar-refractivity contribution is 5.73. The Labute approximate surface area is 68.9 Å². The van der Waals surface area contributed by atoms with Crippen LogP contribution in [0, 0.1) is 0 Å². The monoisotopic (exact) mass is 155 g/mol. The molecule has 1 amide bonds. The lowest BCUT2D eigenvalue weighted by atomic mass is 10.4. The molecule has 2 nitrogen and oxygen atoms in total. The van der Waals surface area contributed by atoms with Crippen molar-refractivity contribution in [3.05, 3.63) is 12.7 Å². The highest BCUT2D eigenvalue weighted by Gasteiger charge is 2.12. The lowest BCUT2D eigenvalue weighted by molar-refractivity contribution is -0.127. The number of hydrogen-bond acceptors (Lipinski definition) is 1. The van der Waals surface area contributed by atoms with Gasteiger partial charge in [-0.25, -0.2) is 0 Å². The molecule has 0 saturated carbocycles. The fourth-order valence-corrected chi connectivity index (χ4v) is 1.03. The van der Waals surface area contributed by atoms with Crippen LogP contribution >= 0.6 is 0 Å². The van der Waals surface area contributed by atoms with E-state index in [9.17, 15) is 4.79 Å². The zero-order valence-corrected chi connectivity index (χ0v) is 7.47. The molecular formula is C9H17NO. The minimum Gasteiger partial charge on any atom is -0.343 e. The van der Waals surface area contributed by atoms with E-state index in [-0.39, 0.29) is 5.91 Å². The second kappa shape index (κ2) is 5.96. The molecule has 1 saturated heterocycles. The molecule has 0 spiro atoms. The van der Waals surface area contributed by atoms with Gasteiger partial charge in [0.25, 0.3) is 0 Å². The van der Waals surface area contributed by atoms with Crippen LogP contribution in [0.15, 0.2) is 12.7 Å². The Balaban J connectivity index is 0.000000292. The summed E-state index contributed by atoms with van der Waals surface area (Å²) in [6.07, 6.45) is 4.14. The molecular weight excluding hydrogens is 138 g/mol. The quantitative estimate of drug-likeness (QED) is 0.489. The van der Waals surface area contributed by atoms with E-state index in [1.54, 1.807) is 13.0 Å². The van der Waals surface area contributed by atoms with Gasteiger partial charge < -0.3 is 4.90 Å². The molecule has 1 fully saturated rings. The maximum absolute atomic E-state index is 10.6. The number of nitrogens with zero attached hydrogens (tertiary/aromatic N) is 1. The van der Waals surface area contributed by atoms with E-state index in [1.165, 1.54) is 12.8 Å². The first kappa shape index (κ1) is 10.2. The van der Waals surface area contributed by atoms with E-state index in [1.807, 2.05) is 11.8 Å². The lowest BCUT2D eigenvalue weighted by Crippen LogP contribution is -2.24. The number of amides is 1. The van der Waals surface area contributed by atoms with Crippen molar-refractivity contribution in [3.8, 4) is 0 Å². The van der Waals surface area contributed by atoms with Gasteiger partial charge in [0.05, 0.1) is 0 Å². The van der Waals surface area contributed by atoms with Crippen molar-refractivity contribution < 1.29 is 4.79 Å². The van der Waals surface area contributed by atoms with E-state index in [4.69, 9.17) is 0 Å². The Morgan fingerprint density at radius 3 is 2.00 bits per heavy atom. The van der Waals surface area contributed by atoms with Crippen LogP contribution < -0.4 is 0 Å². The summed E-state index contributed by atoms with van der Waals surface area (Å²) in [6.45, 7) is 8.84. The topological polar surface area (TPSA) is 20.3 Å². The Hall–Kier alpha value is -0.790. The van der Waals surface area contributed by atoms with Gasteiger partial charge in [0, 0.05) is 20.0 Å². The normalized spacial score (nSPS) is 15.3. The molecule has 64 valence electrons. The van der Waals surface area contributed by atoms with E-state index < -0.39 is 0 Å². The molecule has 0 unspecified atom stereocenters. The Morgan fingerprint density at radius 2 is 1.82 bits per heavy atom. The molecule has 2 heteroatoms. The predicted molar refractivity (Wildman–Crippen MR) is 47.4 cm³/mol. The zero-order valence-electron chi connectivity index (χ0n) is 7.47. The maximum Gasteiger partial charge on any atom is 0.219 e. The van der Waals surface area contributed by atoms with Gasteiger partial charge in [-0.1, -0.05) is 6.08 Å². The summed E-state index contributed by atoms with van der Waals surface area (Å²) in [7, 11) is 0.